The molecule has 0 bridgehead atoms. The molecule has 0 saturated carbocycles. The molecule has 3 rings (SSSR count). The fraction of sp³-hybridized carbons (Fsp3) is 0.444. The number of carbonyl (C=O) groups excluding carboxylic acids is 1. The van der Waals surface area contributed by atoms with Gasteiger partial charge in [-0.05, 0) is 33.0 Å². The molecule has 6 heteroatoms. The van der Waals surface area contributed by atoms with Gasteiger partial charge in [0.05, 0.1) is 17.9 Å². The van der Waals surface area contributed by atoms with E-state index >= 15 is 0 Å². The Morgan fingerprint density at radius 1 is 1.29 bits per heavy atom. The number of aromatic nitrogens is 3. The maximum atomic E-state index is 12.6. The Kier molecular flexibility index (Phi) is 4.85. The molecule has 1 amide bonds. The quantitative estimate of drug-likeness (QED) is 0.857. The zero-order valence-electron chi connectivity index (χ0n) is 14.4. The van der Waals surface area contributed by atoms with Gasteiger partial charge < -0.3 is 4.90 Å². The van der Waals surface area contributed by atoms with E-state index in [1.165, 1.54) is 0 Å². The van der Waals surface area contributed by atoms with Crippen LogP contribution in [0.5, 0.6) is 0 Å². The second kappa shape index (κ2) is 7.05. The van der Waals surface area contributed by atoms with Gasteiger partial charge in [0, 0.05) is 49.1 Å². The molecular weight excluding hydrogens is 302 g/mol. The predicted octanol–water partition coefficient (Wildman–Crippen LogP) is 1.76. The molecule has 0 spiro atoms. The van der Waals surface area contributed by atoms with Crippen molar-refractivity contribution in [1.82, 2.24) is 24.8 Å². The molecule has 2 aromatic rings. The first-order valence-corrected chi connectivity index (χ1v) is 8.27. The average molecular weight is 325 g/mol. The third kappa shape index (κ3) is 3.43. The highest BCUT2D eigenvalue weighted by Gasteiger charge is 2.25. The van der Waals surface area contributed by atoms with Crippen molar-refractivity contribution >= 4 is 5.91 Å². The molecule has 0 atom stereocenters. The summed E-state index contributed by atoms with van der Waals surface area (Å²) in [6.07, 6.45) is 5.89. The number of nitrogens with zero attached hydrogens (tertiary/aromatic N) is 5. The lowest BCUT2D eigenvalue weighted by Crippen LogP contribution is -2.43. The van der Waals surface area contributed by atoms with Crippen molar-refractivity contribution in [2.24, 2.45) is 0 Å². The number of rotatable bonds is 4. The van der Waals surface area contributed by atoms with Gasteiger partial charge in [-0.25, -0.2) is 9.97 Å². The molecule has 0 fully saturated rings. The first kappa shape index (κ1) is 16.5. The van der Waals surface area contributed by atoms with E-state index < -0.39 is 0 Å². The summed E-state index contributed by atoms with van der Waals surface area (Å²) in [5.41, 5.74) is 4.00. The summed E-state index contributed by atoms with van der Waals surface area (Å²) in [4.78, 5) is 29.5. The molecule has 0 radical (unpaired) electrons. The van der Waals surface area contributed by atoms with Crippen LogP contribution in [0.1, 0.15) is 25.1 Å². The Morgan fingerprint density at radius 3 is 2.75 bits per heavy atom. The molecule has 2 aromatic heterocycles. The fourth-order valence-electron chi connectivity index (χ4n) is 2.81. The van der Waals surface area contributed by atoms with Gasteiger partial charge in [0.15, 0.2) is 0 Å². The van der Waals surface area contributed by atoms with E-state index in [0.717, 1.165) is 28.9 Å². The van der Waals surface area contributed by atoms with Gasteiger partial charge in [0.2, 0.25) is 5.91 Å². The molecule has 0 aromatic carbocycles. The largest absolute Gasteiger partial charge is 0.337 e. The Morgan fingerprint density at radius 2 is 2.04 bits per heavy atom. The van der Waals surface area contributed by atoms with E-state index in [-0.39, 0.29) is 5.91 Å². The summed E-state index contributed by atoms with van der Waals surface area (Å²) in [6.45, 7) is 5.90. The van der Waals surface area contributed by atoms with Gasteiger partial charge in [-0.2, -0.15) is 0 Å². The lowest BCUT2D eigenvalue weighted by Gasteiger charge is -2.31. The number of likely N-dealkylation sites (N-methyl/N-ethyl adjacent to an activating group) is 1. The highest BCUT2D eigenvalue weighted by molar-refractivity contribution is 5.79. The molecule has 0 N–H and O–H groups in total. The van der Waals surface area contributed by atoms with E-state index in [1.54, 1.807) is 18.7 Å². The Labute approximate surface area is 142 Å². The van der Waals surface area contributed by atoms with Crippen molar-refractivity contribution in [3.05, 3.63) is 42.1 Å². The number of fused-ring (bicyclic) bond motifs is 1. The number of pyridine rings is 1. The fourth-order valence-corrected chi connectivity index (χ4v) is 2.81. The summed E-state index contributed by atoms with van der Waals surface area (Å²) in [6, 6.07) is 4.23. The second-order valence-electron chi connectivity index (χ2n) is 6.46. The summed E-state index contributed by atoms with van der Waals surface area (Å²) in [7, 11) is 1.98. The minimum Gasteiger partial charge on any atom is -0.337 e. The van der Waals surface area contributed by atoms with E-state index in [1.807, 2.05) is 24.1 Å². The van der Waals surface area contributed by atoms with Crippen molar-refractivity contribution in [3.63, 3.8) is 0 Å². The highest BCUT2D eigenvalue weighted by atomic mass is 16.2. The second-order valence-corrected chi connectivity index (χ2v) is 6.46. The van der Waals surface area contributed by atoms with Gasteiger partial charge in [0.25, 0.3) is 0 Å². The van der Waals surface area contributed by atoms with Crippen LogP contribution in [0.2, 0.25) is 0 Å². The van der Waals surface area contributed by atoms with Crippen LogP contribution in [0.15, 0.2) is 30.9 Å². The van der Waals surface area contributed by atoms with Crippen molar-refractivity contribution in [1.29, 1.82) is 0 Å². The monoisotopic (exact) mass is 325 g/mol. The van der Waals surface area contributed by atoms with Crippen molar-refractivity contribution in [3.8, 4) is 11.3 Å². The zero-order valence-corrected chi connectivity index (χ0v) is 14.4. The molecule has 24 heavy (non-hydrogen) atoms. The topological polar surface area (TPSA) is 62.2 Å². The molecule has 6 nitrogen and oxygen atoms in total. The number of amides is 1. The Bertz CT molecular complexity index is 717. The van der Waals surface area contributed by atoms with E-state index in [2.05, 4.69) is 33.7 Å². The predicted molar refractivity (Wildman–Crippen MR) is 92.2 cm³/mol. The number of carbonyl (C=O) groups is 1. The Hall–Kier alpha value is -2.34. The molecule has 0 aliphatic carbocycles. The Balaban J connectivity index is 1.83. The summed E-state index contributed by atoms with van der Waals surface area (Å²) in [5.74, 6) is 0.154. The first-order chi connectivity index (χ1) is 11.6. The molecule has 0 saturated heterocycles. The molecule has 126 valence electrons. The highest BCUT2D eigenvalue weighted by Crippen LogP contribution is 2.27. The minimum absolute atomic E-state index is 0.154. The van der Waals surface area contributed by atoms with Gasteiger partial charge in [-0.1, -0.05) is 0 Å². The van der Waals surface area contributed by atoms with Crippen molar-refractivity contribution < 1.29 is 4.79 Å². The van der Waals surface area contributed by atoms with Crippen LogP contribution >= 0.6 is 0 Å². The third-order valence-electron chi connectivity index (χ3n) is 4.57. The van der Waals surface area contributed by atoms with Crippen molar-refractivity contribution in [2.45, 2.75) is 32.9 Å². The lowest BCUT2D eigenvalue weighted by molar-refractivity contribution is -0.133. The van der Waals surface area contributed by atoms with Crippen LogP contribution in [0.4, 0.5) is 0 Å². The van der Waals surface area contributed by atoms with Gasteiger partial charge in [-0.15, -0.1) is 0 Å². The molecular formula is C18H23N5O. The average Bonchev–Trinajstić information content (AvgIpc) is 2.61. The summed E-state index contributed by atoms with van der Waals surface area (Å²) < 4.78 is 0. The first-order valence-electron chi connectivity index (χ1n) is 8.27. The smallest absolute Gasteiger partial charge is 0.237 e. The van der Waals surface area contributed by atoms with Crippen LogP contribution in [0.3, 0.4) is 0 Å². The van der Waals surface area contributed by atoms with E-state index in [4.69, 9.17) is 0 Å². The molecule has 1 aliphatic heterocycles. The van der Waals surface area contributed by atoms with Crippen LogP contribution in [0, 0.1) is 0 Å². The summed E-state index contributed by atoms with van der Waals surface area (Å²) in [5, 5.41) is 0. The van der Waals surface area contributed by atoms with Crippen LogP contribution in [0.25, 0.3) is 11.3 Å². The van der Waals surface area contributed by atoms with Crippen LogP contribution in [-0.2, 0) is 17.8 Å². The maximum Gasteiger partial charge on any atom is 0.237 e. The molecule has 1 aliphatic rings. The SMILES string of the molecule is CC(C)N(C)CC(=O)N1CCc2ncnc(-c3ccncc3)c2C1. The molecule has 3 heterocycles. The summed E-state index contributed by atoms with van der Waals surface area (Å²) >= 11 is 0. The van der Waals surface area contributed by atoms with Crippen molar-refractivity contribution in [2.75, 3.05) is 20.1 Å². The zero-order chi connectivity index (χ0) is 17.1. The van der Waals surface area contributed by atoms with E-state index in [0.29, 0.717) is 25.7 Å². The van der Waals surface area contributed by atoms with Crippen LogP contribution in [-0.4, -0.2) is 56.8 Å². The number of hydrogen-bond donors (Lipinski definition) is 0. The normalized spacial score (nSPS) is 14.1. The third-order valence-corrected chi connectivity index (χ3v) is 4.57. The van der Waals surface area contributed by atoms with Gasteiger partial charge in [-0.3, -0.25) is 14.7 Å². The van der Waals surface area contributed by atoms with Gasteiger partial charge in [0.1, 0.15) is 6.33 Å². The molecule has 0 unspecified atom stereocenters. The van der Waals surface area contributed by atoms with E-state index in [9.17, 15) is 4.79 Å². The maximum absolute atomic E-state index is 12.6. The standard InChI is InChI=1S/C18H23N5O/c1-13(2)22(3)11-17(24)23-9-6-16-15(10-23)18(21-12-20-16)14-4-7-19-8-5-14/h4-5,7-8,12-13H,6,9-11H2,1-3H3. The number of hydrogen-bond acceptors (Lipinski definition) is 5. The lowest BCUT2D eigenvalue weighted by atomic mass is 10.00. The minimum atomic E-state index is 0.154. The van der Waals surface area contributed by atoms with Crippen LogP contribution < -0.4 is 0 Å². The van der Waals surface area contributed by atoms with Gasteiger partial charge >= 0.3 is 0 Å².